The Morgan fingerprint density at radius 2 is 2.05 bits per heavy atom. The van der Waals surface area contributed by atoms with Crippen molar-refractivity contribution in [1.29, 1.82) is 0 Å². The summed E-state index contributed by atoms with van der Waals surface area (Å²) in [6.45, 7) is 2.78. The predicted molar refractivity (Wildman–Crippen MR) is 87.1 cm³/mol. The Balaban J connectivity index is 1.70. The summed E-state index contributed by atoms with van der Waals surface area (Å²) in [5, 5.41) is 5.83. The first-order valence-electron chi connectivity index (χ1n) is 7.46. The highest BCUT2D eigenvalue weighted by atomic mass is 79.9. The first-order chi connectivity index (χ1) is 9.65. The number of anilines is 1. The zero-order chi connectivity index (χ0) is 14.4. The Morgan fingerprint density at radius 1 is 1.30 bits per heavy atom. The fourth-order valence-corrected chi connectivity index (χ4v) is 3.01. The lowest BCUT2D eigenvalue weighted by Crippen LogP contribution is -2.30. The van der Waals surface area contributed by atoms with Crippen LogP contribution in [0.15, 0.2) is 22.7 Å². The maximum atomic E-state index is 11.8. The van der Waals surface area contributed by atoms with Gasteiger partial charge in [0.2, 0.25) is 0 Å². The van der Waals surface area contributed by atoms with Crippen molar-refractivity contribution in [2.24, 2.45) is 5.92 Å². The molecule has 0 heterocycles. The van der Waals surface area contributed by atoms with Crippen molar-refractivity contribution >= 4 is 27.6 Å². The van der Waals surface area contributed by atoms with Gasteiger partial charge in [-0.25, -0.2) is 4.79 Å². The van der Waals surface area contributed by atoms with Gasteiger partial charge >= 0.3 is 6.03 Å². The van der Waals surface area contributed by atoms with E-state index in [-0.39, 0.29) is 6.03 Å². The van der Waals surface area contributed by atoms with Crippen molar-refractivity contribution in [3.05, 3.63) is 28.2 Å². The second-order valence-corrected chi connectivity index (χ2v) is 6.49. The molecule has 1 saturated carbocycles. The summed E-state index contributed by atoms with van der Waals surface area (Å²) in [6, 6.07) is 5.71. The minimum atomic E-state index is -0.109. The van der Waals surface area contributed by atoms with E-state index >= 15 is 0 Å². The summed E-state index contributed by atoms with van der Waals surface area (Å²) >= 11 is 3.45. The van der Waals surface area contributed by atoms with Crippen molar-refractivity contribution < 1.29 is 4.79 Å². The van der Waals surface area contributed by atoms with Gasteiger partial charge in [-0.2, -0.15) is 0 Å². The second kappa shape index (κ2) is 7.67. The molecule has 3 nitrogen and oxygen atoms in total. The van der Waals surface area contributed by atoms with Crippen LogP contribution in [0.1, 0.15) is 44.1 Å². The van der Waals surface area contributed by atoms with Gasteiger partial charge in [0.25, 0.3) is 0 Å². The molecule has 4 heteroatoms. The number of aryl methyl sites for hydroxylation is 1. The summed E-state index contributed by atoms with van der Waals surface area (Å²) in [4.78, 5) is 11.8. The van der Waals surface area contributed by atoms with E-state index in [1.54, 1.807) is 0 Å². The predicted octanol–water partition coefficient (Wildman–Crippen LogP) is 4.85. The second-order valence-electron chi connectivity index (χ2n) is 5.64. The van der Waals surface area contributed by atoms with Crippen LogP contribution in [0, 0.1) is 12.8 Å². The number of hydrogen-bond acceptors (Lipinski definition) is 1. The number of urea groups is 1. The van der Waals surface area contributed by atoms with E-state index in [2.05, 4.69) is 26.6 Å². The summed E-state index contributed by atoms with van der Waals surface area (Å²) in [5.74, 6) is 0.805. The average Bonchev–Trinajstić information content (AvgIpc) is 2.44. The highest BCUT2D eigenvalue weighted by Gasteiger charge is 2.13. The van der Waals surface area contributed by atoms with Crippen LogP contribution in [0.4, 0.5) is 10.5 Å². The Morgan fingerprint density at radius 3 is 2.75 bits per heavy atom. The molecule has 1 aliphatic rings. The molecule has 0 saturated heterocycles. The number of carbonyl (C=O) groups excluding carboxylic acids is 1. The molecule has 110 valence electrons. The molecule has 0 bridgehead atoms. The molecule has 1 aromatic carbocycles. The number of nitrogens with one attached hydrogen (secondary N) is 2. The van der Waals surface area contributed by atoms with Gasteiger partial charge in [0.1, 0.15) is 0 Å². The van der Waals surface area contributed by atoms with Crippen molar-refractivity contribution in [3.63, 3.8) is 0 Å². The van der Waals surface area contributed by atoms with E-state index in [0.717, 1.165) is 34.6 Å². The summed E-state index contributed by atoms with van der Waals surface area (Å²) in [7, 11) is 0. The minimum absolute atomic E-state index is 0.109. The van der Waals surface area contributed by atoms with Gasteiger partial charge in [0, 0.05) is 16.7 Å². The minimum Gasteiger partial charge on any atom is -0.338 e. The van der Waals surface area contributed by atoms with Gasteiger partial charge in [-0.3, -0.25) is 0 Å². The van der Waals surface area contributed by atoms with Crippen molar-refractivity contribution in [1.82, 2.24) is 5.32 Å². The molecular weight excluding hydrogens is 316 g/mol. The normalized spacial score (nSPS) is 15.9. The number of rotatable bonds is 4. The Hall–Kier alpha value is -1.03. The number of benzene rings is 1. The maximum Gasteiger partial charge on any atom is 0.319 e. The molecule has 1 aromatic rings. The largest absolute Gasteiger partial charge is 0.338 e. The van der Waals surface area contributed by atoms with Crippen LogP contribution in [0.5, 0.6) is 0 Å². The molecule has 1 fully saturated rings. The standard InChI is InChI=1S/C16H23BrN2O/c1-12-11-14(7-8-15(12)17)19-16(20)18-10-9-13-5-3-2-4-6-13/h7-8,11,13H,2-6,9-10H2,1H3,(H2,18,19,20). The fraction of sp³-hybridized carbons (Fsp3) is 0.562. The fourth-order valence-electron chi connectivity index (χ4n) is 2.76. The van der Waals surface area contributed by atoms with Crippen LogP contribution in [-0.4, -0.2) is 12.6 Å². The Kier molecular flexibility index (Phi) is 5.89. The van der Waals surface area contributed by atoms with E-state index < -0.39 is 0 Å². The van der Waals surface area contributed by atoms with E-state index in [4.69, 9.17) is 0 Å². The van der Waals surface area contributed by atoms with E-state index in [9.17, 15) is 4.79 Å². The average molecular weight is 339 g/mol. The first kappa shape index (κ1) is 15.4. The zero-order valence-electron chi connectivity index (χ0n) is 12.0. The number of halogens is 1. The van der Waals surface area contributed by atoms with Crippen LogP contribution >= 0.6 is 15.9 Å². The molecule has 20 heavy (non-hydrogen) atoms. The summed E-state index contributed by atoms with van der Waals surface area (Å²) in [5.41, 5.74) is 1.95. The monoisotopic (exact) mass is 338 g/mol. The number of amides is 2. The molecule has 0 aliphatic heterocycles. The molecule has 2 N–H and O–H groups in total. The molecule has 0 unspecified atom stereocenters. The lowest BCUT2D eigenvalue weighted by atomic mass is 9.87. The van der Waals surface area contributed by atoms with Crippen molar-refractivity contribution in [2.75, 3.05) is 11.9 Å². The highest BCUT2D eigenvalue weighted by Crippen LogP contribution is 2.25. The first-order valence-corrected chi connectivity index (χ1v) is 8.25. The van der Waals surface area contributed by atoms with Crippen LogP contribution in [0.2, 0.25) is 0 Å². The van der Waals surface area contributed by atoms with E-state index in [0.29, 0.717) is 0 Å². The summed E-state index contributed by atoms with van der Waals surface area (Å²) < 4.78 is 1.06. The van der Waals surface area contributed by atoms with Gasteiger partial charge in [-0.15, -0.1) is 0 Å². The Bertz CT molecular complexity index is 456. The molecule has 1 aliphatic carbocycles. The van der Waals surface area contributed by atoms with E-state index in [1.165, 1.54) is 32.1 Å². The SMILES string of the molecule is Cc1cc(NC(=O)NCCC2CCCCC2)ccc1Br. The Labute approximate surface area is 129 Å². The number of carbonyl (C=O) groups is 1. The lowest BCUT2D eigenvalue weighted by molar-refractivity contribution is 0.250. The number of hydrogen-bond donors (Lipinski definition) is 2. The third-order valence-corrected chi connectivity index (χ3v) is 4.87. The van der Waals surface area contributed by atoms with E-state index in [1.807, 2.05) is 25.1 Å². The topological polar surface area (TPSA) is 41.1 Å². The molecule has 0 atom stereocenters. The smallest absolute Gasteiger partial charge is 0.319 e. The third kappa shape index (κ3) is 4.82. The maximum absolute atomic E-state index is 11.8. The van der Waals surface area contributed by atoms with Crippen LogP contribution in [-0.2, 0) is 0 Å². The van der Waals surface area contributed by atoms with Gasteiger partial charge < -0.3 is 10.6 Å². The van der Waals surface area contributed by atoms with Gasteiger partial charge in [-0.05, 0) is 43.0 Å². The molecule has 0 aromatic heterocycles. The van der Waals surface area contributed by atoms with Gasteiger partial charge in [-0.1, -0.05) is 48.0 Å². The van der Waals surface area contributed by atoms with Gasteiger partial charge in [0.05, 0.1) is 0 Å². The van der Waals surface area contributed by atoms with Crippen LogP contribution in [0.3, 0.4) is 0 Å². The molecule has 2 amide bonds. The molecular formula is C16H23BrN2O. The van der Waals surface area contributed by atoms with Gasteiger partial charge in [0.15, 0.2) is 0 Å². The quantitative estimate of drug-likeness (QED) is 0.809. The molecule has 0 radical (unpaired) electrons. The highest BCUT2D eigenvalue weighted by molar-refractivity contribution is 9.10. The zero-order valence-corrected chi connectivity index (χ0v) is 13.6. The van der Waals surface area contributed by atoms with Crippen molar-refractivity contribution in [2.45, 2.75) is 45.4 Å². The third-order valence-electron chi connectivity index (χ3n) is 3.98. The molecule has 0 spiro atoms. The van der Waals surface area contributed by atoms with Crippen LogP contribution in [0.25, 0.3) is 0 Å². The lowest BCUT2D eigenvalue weighted by Gasteiger charge is -2.21. The van der Waals surface area contributed by atoms with Crippen molar-refractivity contribution in [3.8, 4) is 0 Å². The van der Waals surface area contributed by atoms with Crippen LogP contribution < -0.4 is 10.6 Å². The molecule has 2 rings (SSSR count). The summed E-state index contributed by atoms with van der Waals surface area (Å²) in [6.07, 6.45) is 7.86.